The van der Waals surface area contributed by atoms with Crippen LogP contribution in [0.4, 0.5) is 0 Å². The molecule has 1 aromatic heterocycles. The number of hydrogen-bond donors (Lipinski definition) is 0. The van der Waals surface area contributed by atoms with Gasteiger partial charge in [-0.1, -0.05) is 18.9 Å². The van der Waals surface area contributed by atoms with Gasteiger partial charge in [0.05, 0.1) is 6.07 Å². The normalized spacial score (nSPS) is 15.5. The van der Waals surface area contributed by atoms with Crippen LogP contribution in [-0.4, -0.2) is 28.4 Å². The Kier molecular flexibility index (Phi) is 3.71. The quantitative estimate of drug-likeness (QED) is 0.745. The summed E-state index contributed by atoms with van der Waals surface area (Å²) in [6, 6.07) is 7.55. The van der Waals surface area contributed by atoms with Crippen LogP contribution in [0.15, 0.2) is 24.4 Å². The third-order valence-corrected chi connectivity index (χ3v) is 3.15. The van der Waals surface area contributed by atoms with Gasteiger partial charge < -0.3 is 4.90 Å². The first kappa shape index (κ1) is 11.6. The predicted octanol–water partition coefficient (Wildman–Crippen LogP) is 1.99. The lowest BCUT2D eigenvalue weighted by Crippen LogP contribution is -2.39. The van der Waals surface area contributed by atoms with Crippen molar-refractivity contribution in [2.45, 2.75) is 31.7 Å². The Balaban J connectivity index is 2.16. The van der Waals surface area contributed by atoms with E-state index >= 15 is 0 Å². The topological polar surface area (TPSA) is 57.0 Å². The Hall–Kier alpha value is -1.89. The summed E-state index contributed by atoms with van der Waals surface area (Å²) in [5.41, 5.74) is 0.426. The Morgan fingerprint density at radius 3 is 2.82 bits per heavy atom. The molecule has 0 atom stereocenters. The van der Waals surface area contributed by atoms with Crippen molar-refractivity contribution in [2.24, 2.45) is 0 Å². The highest BCUT2D eigenvalue weighted by atomic mass is 16.2. The van der Waals surface area contributed by atoms with Crippen LogP contribution < -0.4 is 0 Å². The van der Waals surface area contributed by atoms with E-state index in [4.69, 9.17) is 5.26 Å². The molecule has 0 radical (unpaired) electrons. The average Bonchev–Trinajstić information content (AvgIpc) is 2.90. The number of hydrogen-bond acceptors (Lipinski definition) is 3. The van der Waals surface area contributed by atoms with E-state index in [9.17, 15) is 4.79 Å². The van der Waals surface area contributed by atoms with Crippen LogP contribution in [0.3, 0.4) is 0 Å². The Morgan fingerprint density at radius 2 is 2.24 bits per heavy atom. The molecule has 1 aromatic rings. The molecule has 1 fully saturated rings. The van der Waals surface area contributed by atoms with Gasteiger partial charge in [0, 0.05) is 12.2 Å². The molecule has 0 bridgehead atoms. The number of pyridine rings is 1. The maximum atomic E-state index is 12.2. The van der Waals surface area contributed by atoms with Gasteiger partial charge in [0.15, 0.2) is 0 Å². The lowest BCUT2D eigenvalue weighted by molar-refractivity contribution is 0.0703. The van der Waals surface area contributed by atoms with Crippen molar-refractivity contribution in [3.8, 4) is 6.07 Å². The van der Waals surface area contributed by atoms with E-state index in [1.165, 1.54) is 0 Å². The van der Waals surface area contributed by atoms with Crippen molar-refractivity contribution in [1.29, 1.82) is 5.26 Å². The highest BCUT2D eigenvalue weighted by molar-refractivity contribution is 5.92. The summed E-state index contributed by atoms with van der Waals surface area (Å²) in [5.74, 6) is -0.126. The zero-order valence-electron chi connectivity index (χ0n) is 9.67. The first-order valence-electron chi connectivity index (χ1n) is 5.92. The molecule has 0 spiro atoms. The molecule has 1 amide bonds. The summed E-state index contributed by atoms with van der Waals surface area (Å²) in [6.07, 6.45) is 5.89. The van der Waals surface area contributed by atoms with Crippen molar-refractivity contribution in [1.82, 2.24) is 9.88 Å². The summed E-state index contributed by atoms with van der Waals surface area (Å²) in [5, 5.41) is 8.83. The zero-order valence-corrected chi connectivity index (χ0v) is 9.67. The Morgan fingerprint density at radius 1 is 1.47 bits per heavy atom. The minimum absolute atomic E-state index is 0.126. The van der Waals surface area contributed by atoms with Crippen LogP contribution >= 0.6 is 0 Å². The van der Waals surface area contributed by atoms with Crippen LogP contribution in [0.5, 0.6) is 0 Å². The average molecular weight is 229 g/mol. The second-order valence-electron chi connectivity index (χ2n) is 4.24. The van der Waals surface area contributed by atoms with Gasteiger partial charge in [0.25, 0.3) is 5.91 Å². The third kappa shape index (κ3) is 2.62. The largest absolute Gasteiger partial charge is 0.321 e. The second kappa shape index (κ2) is 5.44. The minimum Gasteiger partial charge on any atom is -0.321 e. The van der Waals surface area contributed by atoms with Crippen LogP contribution in [0.25, 0.3) is 0 Å². The van der Waals surface area contributed by atoms with Crippen LogP contribution in [0.2, 0.25) is 0 Å². The van der Waals surface area contributed by atoms with Crippen LogP contribution in [-0.2, 0) is 0 Å². The third-order valence-electron chi connectivity index (χ3n) is 3.15. The predicted molar refractivity (Wildman–Crippen MR) is 63.1 cm³/mol. The minimum atomic E-state index is -0.126. The number of nitrogens with zero attached hydrogens (tertiary/aromatic N) is 3. The van der Waals surface area contributed by atoms with Gasteiger partial charge in [-0.25, -0.2) is 0 Å². The van der Waals surface area contributed by atoms with Crippen molar-refractivity contribution >= 4 is 5.91 Å². The highest BCUT2D eigenvalue weighted by Crippen LogP contribution is 2.24. The van der Waals surface area contributed by atoms with Crippen molar-refractivity contribution in [2.75, 3.05) is 6.54 Å². The van der Waals surface area contributed by atoms with Gasteiger partial charge >= 0.3 is 0 Å². The molecular formula is C13H15N3O. The van der Waals surface area contributed by atoms with Gasteiger partial charge in [0.1, 0.15) is 12.2 Å². The van der Waals surface area contributed by atoms with E-state index in [0.29, 0.717) is 5.69 Å². The zero-order chi connectivity index (χ0) is 12.1. The Labute approximate surface area is 101 Å². The number of nitriles is 1. The van der Waals surface area contributed by atoms with Crippen molar-refractivity contribution in [3.63, 3.8) is 0 Å². The summed E-state index contributed by atoms with van der Waals surface area (Å²) < 4.78 is 0. The molecule has 17 heavy (non-hydrogen) atoms. The number of carbonyl (C=O) groups is 1. The van der Waals surface area contributed by atoms with Gasteiger partial charge in [0.2, 0.25) is 0 Å². The maximum absolute atomic E-state index is 12.2. The van der Waals surface area contributed by atoms with E-state index in [2.05, 4.69) is 11.1 Å². The van der Waals surface area contributed by atoms with E-state index in [-0.39, 0.29) is 18.5 Å². The fourth-order valence-electron chi connectivity index (χ4n) is 2.30. The van der Waals surface area contributed by atoms with Gasteiger partial charge in [-0.15, -0.1) is 0 Å². The summed E-state index contributed by atoms with van der Waals surface area (Å²) in [4.78, 5) is 17.9. The monoisotopic (exact) mass is 229 g/mol. The van der Waals surface area contributed by atoms with Crippen LogP contribution in [0, 0.1) is 11.3 Å². The van der Waals surface area contributed by atoms with Crippen LogP contribution in [0.1, 0.15) is 36.2 Å². The molecule has 1 aliphatic rings. The molecule has 0 aromatic carbocycles. The number of amides is 1. The molecule has 1 saturated carbocycles. The van der Waals surface area contributed by atoms with E-state index in [1.807, 2.05) is 0 Å². The van der Waals surface area contributed by atoms with E-state index < -0.39 is 0 Å². The first-order valence-corrected chi connectivity index (χ1v) is 5.92. The van der Waals surface area contributed by atoms with E-state index in [1.54, 1.807) is 29.3 Å². The maximum Gasteiger partial charge on any atom is 0.273 e. The summed E-state index contributed by atoms with van der Waals surface area (Å²) in [7, 11) is 0. The van der Waals surface area contributed by atoms with Gasteiger partial charge in [-0.3, -0.25) is 9.78 Å². The fourth-order valence-corrected chi connectivity index (χ4v) is 2.30. The van der Waals surface area contributed by atoms with Gasteiger partial charge in [-0.05, 0) is 25.0 Å². The molecule has 1 heterocycles. The standard InChI is InChI=1S/C13H15N3O/c14-8-10-16(11-5-1-2-6-11)13(17)12-7-3-4-9-15-12/h3-4,7,9,11H,1-2,5-6,10H2. The number of aromatic nitrogens is 1. The lowest BCUT2D eigenvalue weighted by atomic mass is 10.2. The molecule has 0 unspecified atom stereocenters. The molecule has 0 N–H and O–H groups in total. The summed E-state index contributed by atoms with van der Waals surface area (Å²) >= 11 is 0. The first-order chi connectivity index (χ1) is 8.33. The molecule has 1 aliphatic carbocycles. The molecule has 0 saturated heterocycles. The van der Waals surface area contributed by atoms with Gasteiger partial charge in [-0.2, -0.15) is 5.26 Å². The molecule has 0 aliphatic heterocycles. The Bertz CT molecular complexity index is 418. The molecular weight excluding hydrogens is 214 g/mol. The molecule has 88 valence electrons. The fraction of sp³-hybridized carbons (Fsp3) is 0.462. The summed E-state index contributed by atoms with van der Waals surface area (Å²) in [6.45, 7) is 0.153. The molecule has 4 heteroatoms. The van der Waals surface area contributed by atoms with Crippen molar-refractivity contribution in [3.05, 3.63) is 30.1 Å². The highest BCUT2D eigenvalue weighted by Gasteiger charge is 2.27. The molecule has 4 nitrogen and oxygen atoms in total. The van der Waals surface area contributed by atoms with Crippen molar-refractivity contribution < 1.29 is 4.79 Å². The number of carbonyl (C=O) groups excluding carboxylic acids is 1. The molecule has 2 rings (SSSR count). The van der Waals surface area contributed by atoms with E-state index in [0.717, 1.165) is 25.7 Å². The SMILES string of the molecule is N#CCN(C(=O)c1ccccn1)C1CCCC1. The number of rotatable bonds is 3. The second-order valence-corrected chi connectivity index (χ2v) is 4.24. The smallest absolute Gasteiger partial charge is 0.273 e. The lowest BCUT2D eigenvalue weighted by Gasteiger charge is -2.25.